The molecule has 1 aliphatic rings. The van der Waals surface area contributed by atoms with E-state index in [0.717, 1.165) is 0 Å². The van der Waals surface area contributed by atoms with Gasteiger partial charge in [0.15, 0.2) is 0 Å². The first-order valence-corrected chi connectivity index (χ1v) is 4.36. The fourth-order valence-corrected chi connectivity index (χ4v) is 1.85. The van der Waals surface area contributed by atoms with Crippen LogP contribution in [-0.2, 0) is 4.79 Å². The molecule has 0 saturated heterocycles. The summed E-state index contributed by atoms with van der Waals surface area (Å²) in [6.07, 6.45) is 1.56. The maximum absolute atomic E-state index is 10.5. The zero-order valence-corrected chi connectivity index (χ0v) is 8.32. The second kappa shape index (κ2) is 2.93. The van der Waals surface area contributed by atoms with Crippen molar-refractivity contribution in [3.63, 3.8) is 0 Å². The SMILES string of the molecule is CC1(C)C(C=C(Cl)Cl)C1C(=O)[O-]. The van der Waals surface area contributed by atoms with Gasteiger partial charge in [-0.05, 0) is 17.4 Å². The minimum Gasteiger partial charge on any atom is -0.550 e. The summed E-state index contributed by atoms with van der Waals surface area (Å²) in [5.74, 6) is -1.58. The maximum atomic E-state index is 10.5. The van der Waals surface area contributed by atoms with Crippen molar-refractivity contribution in [2.45, 2.75) is 13.8 Å². The minimum atomic E-state index is -1.03. The first-order chi connectivity index (χ1) is 5.37. The molecule has 0 amide bonds. The van der Waals surface area contributed by atoms with E-state index in [1.807, 2.05) is 13.8 Å². The highest BCUT2D eigenvalue weighted by atomic mass is 35.5. The number of hydrogen-bond donors (Lipinski definition) is 0. The minimum absolute atomic E-state index is 0.0903. The number of carboxylic acids is 1. The Kier molecular flexibility index (Phi) is 2.41. The van der Waals surface area contributed by atoms with Crippen LogP contribution in [0.1, 0.15) is 13.8 Å². The predicted molar refractivity (Wildman–Crippen MR) is 45.6 cm³/mol. The Hall–Kier alpha value is -0.210. The standard InChI is InChI=1S/C8H10Cl2O2/c1-8(2)4(3-5(9)10)6(8)7(11)12/h3-4,6H,1-2H3,(H,11,12)/p-1. The van der Waals surface area contributed by atoms with Crippen molar-refractivity contribution in [2.75, 3.05) is 0 Å². The molecule has 0 aromatic rings. The zero-order chi connectivity index (χ0) is 9.52. The van der Waals surface area contributed by atoms with Gasteiger partial charge in [0.2, 0.25) is 0 Å². The number of rotatable bonds is 2. The third kappa shape index (κ3) is 1.59. The van der Waals surface area contributed by atoms with E-state index in [4.69, 9.17) is 23.2 Å². The topological polar surface area (TPSA) is 40.1 Å². The number of allylic oxidation sites excluding steroid dienone is 1. The largest absolute Gasteiger partial charge is 0.550 e. The fraction of sp³-hybridized carbons (Fsp3) is 0.625. The van der Waals surface area contributed by atoms with Crippen LogP contribution in [0.15, 0.2) is 10.6 Å². The molecule has 0 bridgehead atoms. The quantitative estimate of drug-likeness (QED) is 0.686. The number of carboxylic acid groups (broad SMARTS) is 1. The van der Waals surface area contributed by atoms with Crippen LogP contribution < -0.4 is 5.11 Å². The second-order valence-corrected chi connectivity index (χ2v) is 4.61. The molecule has 0 aromatic carbocycles. The van der Waals surface area contributed by atoms with Gasteiger partial charge in [0.05, 0.1) is 0 Å². The molecule has 12 heavy (non-hydrogen) atoms. The van der Waals surface area contributed by atoms with E-state index in [2.05, 4.69) is 0 Å². The molecule has 0 spiro atoms. The van der Waals surface area contributed by atoms with Crippen LogP contribution in [0.4, 0.5) is 0 Å². The Labute approximate surface area is 81.2 Å². The molecule has 1 saturated carbocycles. The number of halogens is 2. The van der Waals surface area contributed by atoms with Gasteiger partial charge in [-0.2, -0.15) is 0 Å². The molecule has 1 aliphatic carbocycles. The van der Waals surface area contributed by atoms with Crippen LogP contribution >= 0.6 is 23.2 Å². The van der Waals surface area contributed by atoms with Crippen molar-refractivity contribution < 1.29 is 9.90 Å². The van der Waals surface area contributed by atoms with E-state index in [1.54, 1.807) is 6.08 Å². The molecule has 2 nitrogen and oxygen atoms in total. The van der Waals surface area contributed by atoms with E-state index < -0.39 is 11.9 Å². The first kappa shape index (κ1) is 9.87. The Morgan fingerprint density at radius 2 is 2.00 bits per heavy atom. The van der Waals surface area contributed by atoms with Crippen molar-refractivity contribution in [2.24, 2.45) is 17.3 Å². The van der Waals surface area contributed by atoms with Crippen LogP contribution in [0.2, 0.25) is 0 Å². The fourth-order valence-electron chi connectivity index (χ4n) is 1.57. The van der Waals surface area contributed by atoms with E-state index in [9.17, 15) is 9.90 Å². The third-order valence-electron chi connectivity index (χ3n) is 2.47. The highest BCUT2D eigenvalue weighted by Crippen LogP contribution is 2.59. The van der Waals surface area contributed by atoms with Gasteiger partial charge >= 0.3 is 0 Å². The van der Waals surface area contributed by atoms with Crippen LogP contribution in [0, 0.1) is 17.3 Å². The third-order valence-corrected chi connectivity index (χ3v) is 2.72. The monoisotopic (exact) mass is 207 g/mol. The van der Waals surface area contributed by atoms with Crippen molar-refractivity contribution in [3.8, 4) is 0 Å². The molecular formula is C8H9Cl2O2-. The van der Waals surface area contributed by atoms with Gasteiger partial charge in [-0.1, -0.05) is 37.0 Å². The molecule has 0 heterocycles. The summed E-state index contributed by atoms with van der Waals surface area (Å²) in [4.78, 5) is 10.5. The molecule has 0 aromatic heterocycles. The van der Waals surface area contributed by atoms with Gasteiger partial charge in [-0.15, -0.1) is 0 Å². The molecule has 1 fully saturated rings. The normalized spacial score (nSPS) is 31.0. The van der Waals surface area contributed by atoms with Crippen LogP contribution in [-0.4, -0.2) is 5.97 Å². The van der Waals surface area contributed by atoms with Crippen LogP contribution in [0.5, 0.6) is 0 Å². The molecule has 0 radical (unpaired) electrons. The number of carbonyl (C=O) groups is 1. The van der Waals surface area contributed by atoms with Crippen molar-refractivity contribution in [1.82, 2.24) is 0 Å². The van der Waals surface area contributed by atoms with Crippen LogP contribution in [0.25, 0.3) is 0 Å². The first-order valence-electron chi connectivity index (χ1n) is 3.61. The molecule has 2 unspecified atom stereocenters. The lowest BCUT2D eigenvalue weighted by molar-refractivity contribution is -0.308. The molecule has 1 rings (SSSR count). The summed E-state index contributed by atoms with van der Waals surface area (Å²) in [5.41, 5.74) is -0.270. The zero-order valence-electron chi connectivity index (χ0n) is 6.80. The summed E-state index contributed by atoms with van der Waals surface area (Å²) in [7, 11) is 0. The molecule has 0 aliphatic heterocycles. The Morgan fingerprint density at radius 3 is 2.25 bits per heavy atom. The number of carbonyl (C=O) groups excluding carboxylic acids is 1. The Morgan fingerprint density at radius 1 is 1.50 bits per heavy atom. The Balaban J connectivity index is 2.73. The smallest absolute Gasteiger partial charge is 0.103 e. The lowest BCUT2D eigenvalue weighted by atomic mass is 10.1. The number of aliphatic carboxylic acids is 1. The molecule has 2 atom stereocenters. The number of hydrogen-bond acceptors (Lipinski definition) is 2. The lowest BCUT2D eigenvalue weighted by Crippen LogP contribution is -2.26. The van der Waals surface area contributed by atoms with Crippen molar-refractivity contribution >= 4 is 29.2 Å². The molecule has 0 N–H and O–H groups in total. The molecule has 68 valence electrons. The van der Waals surface area contributed by atoms with Gasteiger partial charge in [0, 0.05) is 11.9 Å². The molecule has 4 heteroatoms. The predicted octanol–water partition coefficient (Wildman–Crippen LogP) is 1.33. The lowest BCUT2D eigenvalue weighted by Gasteiger charge is -2.01. The maximum Gasteiger partial charge on any atom is 0.103 e. The van der Waals surface area contributed by atoms with Crippen molar-refractivity contribution in [3.05, 3.63) is 10.6 Å². The summed E-state index contributed by atoms with van der Waals surface area (Å²) >= 11 is 10.8. The average Bonchev–Trinajstić information content (AvgIpc) is 2.32. The highest BCUT2D eigenvalue weighted by Gasteiger charge is 2.57. The Bertz CT molecular complexity index is 241. The summed E-state index contributed by atoms with van der Waals surface area (Å²) in [6.45, 7) is 3.71. The van der Waals surface area contributed by atoms with E-state index in [0.29, 0.717) is 0 Å². The van der Waals surface area contributed by atoms with Gasteiger partial charge in [0.1, 0.15) is 4.49 Å². The van der Waals surface area contributed by atoms with Gasteiger partial charge in [-0.3, -0.25) is 0 Å². The van der Waals surface area contributed by atoms with E-state index in [-0.39, 0.29) is 15.8 Å². The van der Waals surface area contributed by atoms with Crippen molar-refractivity contribution in [1.29, 1.82) is 0 Å². The molecular weight excluding hydrogens is 199 g/mol. The second-order valence-electron chi connectivity index (χ2n) is 3.60. The van der Waals surface area contributed by atoms with Gasteiger partial charge < -0.3 is 9.90 Å². The highest BCUT2D eigenvalue weighted by molar-refractivity contribution is 6.55. The summed E-state index contributed by atoms with van der Waals surface area (Å²) in [6, 6.07) is 0. The van der Waals surface area contributed by atoms with E-state index in [1.165, 1.54) is 0 Å². The average molecular weight is 208 g/mol. The summed E-state index contributed by atoms with van der Waals surface area (Å²) < 4.78 is 0.122. The van der Waals surface area contributed by atoms with Gasteiger partial charge in [-0.25, -0.2) is 0 Å². The summed E-state index contributed by atoms with van der Waals surface area (Å²) in [5, 5.41) is 10.5. The van der Waals surface area contributed by atoms with Crippen LogP contribution in [0.3, 0.4) is 0 Å². The van der Waals surface area contributed by atoms with Gasteiger partial charge in [0.25, 0.3) is 0 Å². The van der Waals surface area contributed by atoms with E-state index >= 15 is 0 Å².